The van der Waals surface area contributed by atoms with Crippen LogP contribution in [0.1, 0.15) is 11.1 Å². The number of rotatable bonds is 4. The SMILES string of the molecule is Cc1ccc(S(=O)(=O)NCc2ccc3c(c2)OCC(=O)N3)cc1. The summed E-state index contributed by atoms with van der Waals surface area (Å²) in [4.78, 5) is 11.4. The van der Waals surface area contributed by atoms with Gasteiger partial charge in [0.2, 0.25) is 10.0 Å². The van der Waals surface area contributed by atoms with Gasteiger partial charge in [0.15, 0.2) is 6.61 Å². The van der Waals surface area contributed by atoms with E-state index >= 15 is 0 Å². The predicted octanol–water partition coefficient (Wildman–Crippen LogP) is 1.80. The number of hydrogen-bond donors (Lipinski definition) is 2. The van der Waals surface area contributed by atoms with Crippen LogP contribution in [0.15, 0.2) is 47.4 Å². The Morgan fingerprint density at radius 3 is 2.65 bits per heavy atom. The quantitative estimate of drug-likeness (QED) is 0.894. The van der Waals surface area contributed by atoms with E-state index < -0.39 is 10.0 Å². The normalized spacial score (nSPS) is 13.9. The fourth-order valence-corrected chi connectivity index (χ4v) is 3.23. The lowest BCUT2D eigenvalue weighted by Crippen LogP contribution is -2.26. The first-order chi connectivity index (χ1) is 10.9. The third-order valence-electron chi connectivity index (χ3n) is 3.48. The minimum absolute atomic E-state index is 0.0362. The molecular weight excluding hydrogens is 316 g/mol. The van der Waals surface area contributed by atoms with Crippen molar-refractivity contribution in [3.05, 3.63) is 53.6 Å². The lowest BCUT2D eigenvalue weighted by Gasteiger charge is -2.18. The van der Waals surface area contributed by atoms with Crippen LogP contribution in [0.3, 0.4) is 0 Å². The van der Waals surface area contributed by atoms with Crippen LogP contribution in [0.25, 0.3) is 0 Å². The van der Waals surface area contributed by atoms with Crippen molar-refractivity contribution < 1.29 is 17.9 Å². The summed E-state index contributed by atoms with van der Waals surface area (Å²) in [5.41, 5.74) is 2.33. The number of aryl methyl sites for hydroxylation is 1. The van der Waals surface area contributed by atoms with Crippen molar-refractivity contribution in [2.45, 2.75) is 18.4 Å². The van der Waals surface area contributed by atoms with E-state index in [1.165, 1.54) is 0 Å². The molecule has 2 aromatic carbocycles. The Labute approximate surface area is 134 Å². The summed E-state index contributed by atoms with van der Waals surface area (Å²) >= 11 is 0. The van der Waals surface area contributed by atoms with Gasteiger partial charge in [-0.15, -0.1) is 0 Å². The predicted molar refractivity (Wildman–Crippen MR) is 85.8 cm³/mol. The van der Waals surface area contributed by atoms with E-state index in [2.05, 4.69) is 10.0 Å². The summed E-state index contributed by atoms with van der Waals surface area (Å²) in [5, 5.41) is 2.69. The van der Waals surface area contributed by atoms with Gasteiger partial charge in [0.05, 0.1) is 10.6 Å². The van der Waals surface area contributed by atoms with Gasteiger partial charge in [-0.2, -0.15) is 0 Å². The molecular formula is C16H16N2O4S. The largest absolute Gasteiger partial charge is 0.482 e. The Kier molecular flexibility index (Phi) is 4.06. The number of sulfonamides is 1. The molecule has 0 aliphatic carbocycles. The van der Waals surface area contributed by atoms with E-state index in [-0.39, 0.29) is 24.0 Å². The van der Waals surface area contributed by atoms with Gasteiger partial charge >= 0.3 is 0 Å². The van der Waals surface area contributed by atoms with Crippen LogP contribution in [0.2, 0.25) is 0 Å². The molecule has 23 heavy (non-hydrogen) atoms. The third-order valence-corrected chi connectivity index (χ3v) is 4.89. The van der Waals surface area contributed by atoms with Crippen molar-refractivity contribution in [1.82, 2.24) is 4.72 Å². The number of benzene rings is 2. The first-order valence-electron chi connectivity index (χ1n) is 7.06. The van der Waals surface area contributed by atoms with Gasteiger partial charge in [0.25, 0.3) is 5.91 Å². The Hall–Kier alpha value is -2.38. The fraction of sp³-hybridized carbons (Fsp3) is 0.188. The Morgan fingerprint density at radius 2 is 1.91 bits per heavy atom. The van der Waals surface area contributed by atoms with Crippen molar-refractivity contribution in [3.8, 4) is 5.75 Å². The summed E-state index contributed by atoms with van der Waals surface area (Å²) in [6.07, 6.45) is 0. The maximum absolute atomic E-state index is 12.2. The van der Waals surface area contributed by atoms with Crippen molar-refractivity contribution >= 4 is 21.6 Å². The Bertz CT molecular complexity index is 845. The molecule has 0 saturated carbocycles. The standard InChI is InChI=1S/C16H16N2O4S/c1-11-2-5-13(6-3-11)23(20,21)17-9-12-4-7-14-15(8-12)22-10-16(19)18-14/h2-8,17H,9-10H2,1H3,(H,18,19). The van der Waals surface area contributed by atoms with Crippen LogP contribution in [0.4, 0.5) is 5.69 Å². The second-order valence-electron chi connectivity index (χ2n) is 5.30. The summed E-state index contributed by atoms with van der Waals surface area (Å²) in [6, 6.07) is 11.8. The van der Waals surface area contributed by atoms with Gasteiger partial charge in [-0.3, -0.25) is 4.79 Å². The molecule has 0 spiro atoms. The highest BCUT2D eigenvalue weighted by Gasteiger charge is 2.17. The monoisotopic (exact) mass is 332 g/mol. The minimum atomic E-state index is -3.57. The van der Waals surface area contributed by atoms with E-state index in [0.29, 0.717) is 11.4 Å². The zero-order chi connectivity index (χ0) is 16.4. The second kappa shape index (κ2) is 6.02. The lowest BCUT2D eigenvalue weighted by atomic mass is 10.2. The highest BCUT2D eigenvalue weighted by atomic mass is 32.2. The van der Waals surface area contributed by atoms with E-state index in [0.717, 1.165) is 11.1 Å². The van der Waals surface area contributed by atoms with Crippen molar-refractivity contribution in [3.63, 3.8) is 0 Å². The number of fused-ring (bicyclic) bond motifs is 1. The average Bonchev–Trinajstić information content (AvgIpc) is 2.53. The molecule has 0 aromatic heterocycles. The van der Waals surface area contributed by atoms with Crippen LogP contribution in [0.5, 0.6) is 5.75 Å². The maximum atomic E-state index is 12.2. The van der Waals surface area contributed by atoms with Gasteiger partial charge in [0.1, 0.15) is 5.75 Å². The first kappa shape index (κ1) is 15.5. The topological polar surface area (TPSA) is 84.5 Å². The number of ether oxygens (including phenoxy) is 1. The second-order valence-corrected chi connectivity index (χ2v) is 7.07. The summed E-state index contributed by atoms with van der Waals surface area (Å²) in [6.45, 7) is 2.00. The van der Waals surface area contributed by atoms with Gasteiger partial charge in [0, 0.05) is 6.54 Å². The molecule has 0 bridgehead atoms. The van der Waals surface area contributed by atoms with Crippen molar-refractivity contribution in [1.29, 1.82) is 0 Å². The zero-order valence-corrected chi connectivity index (χ0v) is 13.3. The molecule has 0 saturated heterocycles. The highest BCUT2D eigenvalue weighted by Crippen LogP contribution is 2.28. The molecule has 0 radical (unpaired) electrons. The number of anilines is 1. The van der Waals surface area contributed by atoms with Crippen LogP contribution >= 0.6 is 0 Å². The van der Waals surface area contributed by atoms with Gasteiger partial charge < -0.3 is 10.1 Å². The summed E-state index contributed by atoms with van der Waals surface area (Å²) < 4.78 is 32.4. The fourth-order valence-electron chi connectivity index (χ4n) is 2.21. The number of carbonyl (C=O) groups is 1. The molecule has 3 rings (SSSR count). The van der Waals surface area contributed by atoms with Crippen LogP contribution < -0.4 is 14.8 Å². The number of amides is 1. The van der Waals surface area contributed by atoms with Gasteiger partial charge in [-0.1, -0.05) is 23.8 Å². The maximum Gasteiger partial charge on any atom is 0.262 e. The number of carbonyl (C=O) groups excluding carboxylic acids is 1. The molecule has 0 unspecified atom stereocenters. The molecule has 7 heteroatoms. The molecule has 1 aliphatic rings. The Balaban J connectivity index is 1.73. The smallest absolute Gasteiger partial charge is 0.262 e. The lowest BCUT2D eigenvalue weighted by molar-refractivity contribution is -0.118. The number of hydrogen-bond acceptors (Lipinski definition) is 4. The summed E-state index contributed by atoms with van der Waals surface area (Å²) in [7, 11) is -3.57. The van der Waals surface area contributed by atoms with Gasteiger partial charge in [-0.25, -0.2) is 13.1 Å². The molecule has 2 N–H and O–H groups in total. The van der Waals surface area contributed by atoms with Crippen molar-refractivity contribution in [2.24, 2.45) is 0 Å². The van der Waals surface area contributed by atoms with Gasteiger partial charge in [-0.05, 0) is 36.8 Å². The molecule has 1 aliphatic heterocycles. The Morgan fingerprint density at radius 1 is 1.17 bits per heavy atom. The molecule has 1 amide bonds. The highest BCUT2D eigenvalue weighted by molar-refractivity contribution is 7.89. The van der Waals surface area contributed by atoms with Crippen molar-refractivity contribution in [2.75, 3.05) is 11.9 Å². The van der Waals surface area contributed by atoms with E-state index in [1.54, 1.807) is 42.5 Å². The molecule has 6 nitrogen and oxygen atoms in total. The average molecular weight is 332 g/mol. The molecule has 0 fully saturated rings. The summed E-state index contributed by atoms with van der Waals surface area (Å²) in [5.74, 6) is 0.335. The molecule has 0 atom stereocenters. The van der Waals surface area contributed by atoms with Crippen LogP contribution in [0, 0.1) is 6.92 Å². The van der Waals surface area contributed by atoms with E-state index in [4.69, 9.17) is 4.74 Å². The van der Waals surface area contributed by atoms with Crippen LogP contribution in [-0.4, -0.2) is 20.9 Å². The van der Waals surface area contributed by atoms with Crippen LogP contribution in [-0.2, 0) is 21.4 Å². The third kappa shape index (κ3) is 3.52. The zero-order valence-electron chi connectivity index (χ0n) is 12.5. The van der Waals surface area contributed by atoms with E-state index in [9.17, 15) is 13.2 Å². The van der Waals surface area contributed by atoms with E-state index in [1.807, 2.05) is 6.92 Å². The molecule has 2 aromatic rings. The molecule has 1 heterocycles. The minimum Gasteiger partial charge on any atom is -0.482 e. The first-order valence-corrected chi connectivity index (χ1v) is 8.54. The molecule has 120 valence electrons. The number of nitrogens with one attached hydrogen (secondary N) is 2.